The lowest BCUT2D eigenvalue weighted by Gasteiger charge is -2.42. The average molecular weight is 198 g/mol. The van der Waals surface area contributed by atoms with Gasteiger partial charge in [0.2, 0.25) is 0 Å². The SMILES string of the molecule is CC1CN2CCCC2CN1C[C@H](C)O. The minimum Gasteiger partial charge on any atom is -0.392 e. The average Bonchev–Trinajstić information content (AvgIpc) is 2.51. The van der Waals surface area contributed by atoms with Crippen LogP contribution in [0.4, 0.5) is 0 Å². The first-order valence-corrected chi connectivity index (χ1v) is 5.83. The summed E-state index contributed by atoms with van der Waals surface area (Å²) in [5.41, 5.74) is 0. The molecule has 0 spiro atoms. The molecule has 0 bridgehead atoms. The van der Waals surface area contributed by atoms with Gasteiger partial charge in [-0.05, 0) is 33.2 Å². The Labute approximate surface area is 86.7 Å². The van der Waals surface area contributed by atoms with E-state index in [2.05, 4.69) is 16.7 Å². The van der Waals surface area contributed by atoms with E-state index in [1.807, 2.05) is 6.92 Å². The second-order valence-electron chi connectivity index (χ2n) is 4.94. The second-order valence-corrected chi connectivity index (χ2v) is 4.94. The lowest BCUT2D eigenvalue weighted by Crippen LogP contribution is -2.56. The van der Waals surface area contributed by atoms with Gasteiger partial charge in [-0.1, -0.05) is 0 Å². The summed E-state index contributed by atoms with van der Waals surface area (Å²) in [4.78, 5) is 5.06. The molecule has 0 aromatic heterocycles. The van der Waals surface area contributed by atoms with E-state index in [-0.39, 0.29) is 6.10 Å². The highest BCUT2D eigenvalue weighted by molar-refractivity contribution is 4.90. The number of β-amino-alcohol motifs (C(OH)–C–C–N with tert-alkyl or cyclic N) is 1. The highest BCUT2D eigenvalue weighted by Gasteiger charge is 2.34. The number of aliphatic hydroxyl groups excluding tert-OH is 1. The Morgan fingerprint density at radius 2 is 2.21 bits per heavy atom. The van der Waals surface area contributed by atoms with Crippen LogP contribution in [0.25, 0.3) is 0 Å². The third-order valence-electron chi connectivity index (χ3n) is 3.57. The van der Waals surface area contributed by atoms with Gasteiger partial charge in [0.15, 0.2) is 0 Å². The van der Waals surface area contributed by atoms with Gasteiger partial charge >= 0.3 is 0 Å². The first-order chi connectivity index (χ1) is 6.66. The van der Waals surface area contributed by atoms with Gasteiger partial charge in [0.05, 0.1) is 6.10 Å². The number of piperazine rings is 1. The summed E-state index contributed by atoms with van der Waals surface area (Å²) in [6.45, 7) is 8.64. The van der Waals surface area contributed by atoms with Crippen molar-refractivity contribution in [1.29, 1.82) is 0 Å². The molecule has 82 valence electrons. The Hall–Kier alpha value is -0.120. The van der Waals surface area contributed by atoms with Gasteiger partial charge in [-0.2, -0.15) is 0 Å². The monoisotopic (exact) mass is 198 g/mol. The van der Waals surface area contributed by atoms with E-state index < -0.39 is 0 Å². The largest absolute Gasteiger partial charge is 0.392 e. The lowest BCUT2D eigenvalue weighted by molar-refractivity contribution is 0.0279. The molecule has 2 heterocycles. The van der Waals surface area contributed by atoms with Crippen LogP contribution in [0.15, 0.2) is 0 Å². The van der Waals surface area contributed by atoms with Crippen LogP contribution in [0.2, 0.25) is 0 Å². The summed E-state index contributed by atoms with van der Waals surface area (Å²) in [5.74, 6) is 0. The molecular weight excluding hydrogens is 176 g/mol. The van der Waals surface area contributed by atoms with Crippen LogP contribution in [-0.2, 0) is 0 Å². The summed E-state index contributed by atoms with van der Waals surface area (Å²) in [6.07, 6.45) is 2.52. The van der Waals surface area contributed by atoms with Crippen LogP contribution in [-0.4, -0.2) is 59.3 Å². The van der Waals surface area contributed by atoms with Crippen LogP contribution < -0.4 is 0 Å². The Morgan fingerprint density at radius 3 is 2.93 bits per heavy atom. The first kappa shape index (κ1) is 10.4. The van der Waals surface area contributed by atoms with Crippen LogP contribution in [0.5, 0.6) is 0 Å². The molecule has 14 heavy (non-hydrogen) atoms. The molecule has 2 aliphatic rings. The standard InChI is InChI=1S/C11H22N2O/c1-9-6-12-5-3-4-11(12)8-13(9)7-10(2)14/h9-11,14H,3-8H2,1-2H3/t9?,10-,11?/m0/s1. The van der Waals surface area contributed by atoms with Gasteiger partial charge in [0.1, 0.15) is 0 Å². The van der Waals surface area contributed by atoms with Crippen LogP contribution >= 0.6 is 0 Å². The van der Waals surface area contributed by atoms with E-state index in [9.17, 15) is 5.11 Å². The zero-order valence-corrected chi connectivity index (χ0v) is 9.32. The molecule has 1 N–H and O–H groups in total. The van der Waals surface area contributed by atoms with Gasteiger partial charge in [0, 0.05) is 31.7 Å². The van der Waals surface area contributed by atoms with Gasteiger partial charge < -0.3 is 5.11 Å². The molecule has 2 saturated heterocycles. The summed E-state index contributed by atoms with van der Waals surface area (Å²) < 4.78 is 0. The second kappa shape index (κ2) is 4.17. The van der Waals surface area contributed by atoms with Crippen molar-refractivity contribution < 1.29 is 5.11 Å². The molecule has 0 aliphatic carbocycles. The Bertz CT molecular complexity index is 196. The van der Waals surface area contributed by atoms with Crippen LogP contribution in [0, 0.1) is 0 Å². The quantitative estimate of drug-likeness (QED) is 0.701. The van der Waals surface area contributed by atoms with Gasteiger partial charge in [-0.15, -0.1) is 0 Å². The van der Waals surface area contributed by atoms with Gasteiger partial charge in [-0.25, -0.2) is 0 Å². The number of nitrogens with zero attached hydrogens (tertiary/aromatic N) is 2. The summed E-state index contributed by atoms with van der Waals surface area (Å²) in [5, 5.41) is 9.41. The van der Waals surface area contributed by atoms with E-state index in [0.717, 1.165) is 19.1 Å². The fraction of sp³-hybridized carbons (Fsp3) is 1.00. The van der Waals surface area contributed by atoms with Crippen molar-refractivity contribution in [2.45, 2.75) is 44.9 Å². The minimum absolute atomic E-state index is 0.189. The molecule has 0 amide bonds. The van der Waals surface area contributed by atoms with Crippen molar-refractivity contribution in [3.8, 4) is 0 Å². The zero-order valence-electron chi connectivity index (χ0n) is 9.32. The first-order valence-electron chi connectivity index (χ1n) is 5.83. The molecule has 0 aromatic rings. The molecule has 2 unspecified atom stereocenters. The molecule has 3 nitrogen and oxygen atoms in total. The predicted octanol–water partition coefficient (Wildman–Crippen LogP) is 0.536. The fourth-order valence-electron chi connectivity index (χ4n) is 2.84. The predicted molar refractivity (Wildman–Crippen MR) is 57.3 cm³/mol. The topological polar surface area (TPSA) is 26.7 Å². The summed E-state index contributed by atoms with van der Waals surface area (Å²) in [6, 6.07) is 1.38. The Morgan fingerprint density at radius 1 is 1.43 bits per heavy atom. The number of hydrogen-bond acceptors (Lipinski definition) is 3. The van der Waals surface area contributed by atoms with Crippen molar-refractivity contribution in [2.24, 2.45) is 0 Å². The van der Waals surface area contributed by atoms with Gasteiger partial charge in [0.25, 0.3) is 0 Å². The highest BCUT2D eigenvalue weighted by Crippen LogP contribution is 2.24. The molecule has 2 rings (SSSR count). The molecule has 0 aromatic carbocycles. The molecule has 3 heteroatoms. The third kappa shape index (κ3) is 2.10. The minimum atomic E-state index is -0.189. The maximum Gasteiger partial charge on any atom is 0.0639 e. The number of fused-ring (bicyclic) bond motifs is 1. The molecule has 0 saturated carbocycles. The normalized spacial score (nSPS) is 37.1. The van der Waals surface area contributed by atoms with Gasteiger partial charge in [-0.3, -0.25) is 9.80 Å². The smallest absolute Gasteiger partial charge is 0.0639 e. The van der Waals surface area contributed by atoms with Crippen molar-refractivity contribution in [1.82, 2.24) is 9.80 Å². The third-order valence-corrected chi connectivity index (χ3v) is 3.57. The van der Waals surface area contributed by atoms with Crippen molar-refractivity contribution in [3.63, 3.8) is 0 Å². The van der Waals surface area contributed by atoms with E-state index in [1.165, 1.54) is 25.9 Å². The van der Waals surface area contributed by atoms with E-state index in [1.54, 1.807) is 0 Å². The summed E-state index contributed by atoms with van der Waals surface area (Å²) in [7, 11) is 0. The van der Waals surface area contributed by atoms with Crippen molar-refractivity contribution in [3.05, 3.63) is 0 Å². The molecule has 2 fully saturated rings. The molecule has 3 atom stereocenters. The van der Waals surface area contributed by atoms with Crippen LogP contribution in [0.3, 0.4) is 0 Å². The van der Waals surface area contributed by atoms with Crippen LogP contribution in [0.1, 0.15) is 26.7 Å². The maximum absolute atomic E-state index is 9.41. The summed E-state index contributed by atoms with van der Waals surface area (Å²) >= 11 is 0. The maximum atomic E-state index is 9.41. The molecular formula is C11H22N2O. The fourth-order valence-corrected chi connectivity index (χ4v) is 2.84. The van der Waals surface area contributed by atoms with Crippen molar-refractivity contribution in [2.75, 3.05) is 26.2 Å². The highest BCUT2D eigenvalue weighted by atomic mass is 16.3. The zero-order chi connectivity index (χ0) is 10.1. The molecule has 0 radical (unpaired) electrons. The lowest BCUT2D eigenvalue weighted by atomic mass is 10.1. The molecule has 2 aliphatic heterocycles. The number of rotatable bonds is 2. The van der Waals surface area contributed by atoms with E-state index in [0.29, 0.717) is 6.04 Å². The van der Waals surface area contributed by atoms with E-state index in [4.69, 9.17) is 0 Å². The van der Waals surface area contributed by atoms with Crippen molar-refractivity contribution >= 4 is 0 Å². The Kier molecular flexibility index (Phi) is 3.10. The number of hydrogen-bond donors (Lipinski definition) is 1. The Balaban J connectivity index is 1.92. The number of aliphatic hydroxyl groups is 1. The van der Waals surface area contributed by atoms with E-state index >= 15 is 0 Å².